The van der Waals surface area contributed by atoms with Crippen LogP contribution in [-0.4, -0.2) is 6.29 Å². The summed E-state index contributed by atoms with van der Waals surface area (Å²) in [5, 5.41) is 0. The molecule has 0 unspecified atom stereocenters. The summed E-state index contributed by atoms with van der Waals surface area (Å²) in [6, 6.07) is 0. The van der Waals surface area contributed by atoms with Crippen molar-refractivity contribution in [3.8, 4) is 0 Å². The van der Waals surface area contributed by atoms with Crippen LogP contribution in [0.4, 0.5) is 0 Å². The SMILES string of the molecule is O=[C-]/C1=C/C=C\CCCC1.[Br][Co+][Br]. The van der Waals surface area contributed by atoms with E-state index in [4.69, 9.17) is 0 Å². The molecule has 1 rings (SSSR count). The van der Waals surface area contributed by atoms with Crippen LogP contribution in [-0.2, 0) is 15.9 Å². The minimum absolute atomic E-state index is 0.802. The molecule has 0 radical (unpaired) electrons. The predicted molar refractivity (Wildman–Crippen MR) is 59.2 cm³/mol. The van der Waals surface area contributed by atoms with Crippen LogP contribution >= 0.6 is 28.3 Å². The van der Waals surface area contributed by atoms with E-state index in [9.17, 15) is 4.79 Å². The summed E-state index contributed by atoms with van der Waals surface area (Å²) >= 11 is 7.12. The topological polar surface area (TPSA) is 17.1 Å². The van der Waals surface area contributed by atoms with E-state index in [0.717, 1.165) is 36.0 Å². The number of carbonyl (C=O) groups excluding carboxylic acids is 1. The van der Waals surface area contributed by atoms with Crippen molar-refractivity contribution in [1.29, 1.82) is 0 Å². The second kappa shape index (κ2) is 10.7. The van der Waals surface area contributed by atoms with Crippen molar-refractivity contribution < 1.29 is 15.9 Å². The summed E-state index contributed by atoms with van der Waals surface area (Å²) in [4.78, 5) is 10.2. The van der Waals surface area contributed by atoms with Gasteiger partial charge in [-0.3, -0.25) is 0 Å². The molecule has 0 saturated carbocycles. The summed E-state index contributed by atoms with van der Waals surface area (Å²) in [6.45, 7) is 0. The van der Waals surface area contributed by atoms with Gasteiger partial charge in [-0.05, 0) is 19.1 Å². The molecule has 76 valence electrons. The quantitative estimate of drug-likeness (QED) is 0.654. The molecule has 0 atom stereocenters. The van der Waals surface area contributed by atoms with Gasteiger partial charge >= 0.3 is 39.5 Å². The third kappa shape index (κ3) is 8.93. The molecule has 1 nitrogen and oxygen atoms in total. The van der Waals surface area contributed by atoms with Crippen molar-refractivity contribution in [2.24, 2.45) is 0 Å². The van der Waals surface area contributed by atoms with E-state index in [1.54, 1.807) is 0 Å². The normalized spacial score (nSPS) is 22.8. The van der Waals surface area contributed by atoms with Gasteiger partial charge in [0.25, 0.3) is 0 Å². The van der Waals surface area contributed by atoms with Crippen LogP contribution in [0.25, 0.3) is 0 Å². The maximum atomic E-state index is 10.2. The van der Waals surface area contributed by atoms with Gasteiger partial charge < -0.3 is 4.79 Å². The first-order valence-corrected chi connectivity index (χ1v) is 9.07. The van der Waals surface area contributed by atoms with Gasteiger partial charge in [-0.25, -0.2) is 6.08 Å². The van der Waals surface area contributed by atoms with E-state index >= 15 is 0 Å². The molecule has 0 aromatic rings. The van der Waals surface area contributed by atoms with Crippen LogP contribution in [0.3, 0.4) is 0 Å². The van der Waals surface area contributed by atoms with Crippen LogP contribution in [0.15, 0.2) is 23.8 Å². The third-order valence-corrected chi connectivity index (χ3v) is 1.63. The first kappa shape index (κ1) is 13.6. The summed E-state index contributed by atoms with van der Waals surface area (Å²) in [5.41, 5.74) is 0.802. The molecule has 0 saturated heterocycles. The molecular formula is C9H11Br2CoO. The van der Waals surface area contributed by atoms with Gasteiger partial charge in [0.1, 0.15) is 0 Å². The molecule has 0 aromatic carbocycles. The first-order chi connectivity index (χ1) is 6.35. The average molecular weight is 354 g/mol. The van der Waals surface area contributed by atoms with Gasteiger partial charge in [-0.2, -0.15) is 5.57 Å². The van der Waals surface area contributed by atoms with Gasteiger partial charge in [0, 0.05) is 0 Å². The first-order valence-electron chi connectivity index (χ1n) is 3.92. The third-order valence-electron chi connectivity index (χ3n) is 1.63. The van der Waals surface area contributed by atoms with Gasteiger partial charge in [0.05, 0.1) is 0 Å². The van der Waals surface area contributed by atoms with E-state index in [-0.39, 0.29) is 0 Å². The fraction of sp³-hybridized carbons (Fsp3) is 0.444. The van der Waals surface area contributed by atoms with Crippen molar-refractivity contribution in [2.75, 3.05) is 0 Å². The van der Waals surface area contributed by atoms with E-state index < -0.39 is 0 Å². The fourth-order valence-corrected chi connectivity index (χ4v) is 1.03. The van der Waals surface area contributed by atoms with Crippen molar-refractivity contribution in [1.82, 2.24) is 0 Å². The van der Waals surface area contributed by atoms with Gasteiger partial charge in [0.2, 0.25) is 0 Å². The van der Waals surface area contributed by atoms with Crippen molar-refractivity contribution >= 4 is 34.6 Å². The average Bonchev–Trinajstić information content (AvgIpc) is 2.05. The molecule has 0 amide bonds. The van der Waals surface area contributed by atoms with Gasteiger partial charge in [-0.15, -0.1) is 12.2 Å². The second-order valence-electron chi connectivity index (χ2n) is 2.52. The Balaban J connectivity index is 0.000000424. The van der Waals surface area contributed by atoms with E-state index in [0.29, 0.717) is 0 Å². The Labute approximate surface area is 99.5 Å². The number of hydrogen-bond donors (Lipinski definition) is 0. The standard InChI is InChI=1S/C9H11O.2BrH.Co/c10-8-9-6-4-2-1-3-5-7-9;;;/h2,4,6H,1,3,5,7H2;2*1H;/q-1;;;+3/p-2/b4-2-,9-6+;;;. The van der Waals surface area contributed by atoms with Gasteiger partial charge in [-0.1, -0.05) is 12.8 Å². The van der Waals surface area contributed by atoms with E-state index in [2.05, 4.69) is 34.4 Å². The maximum absolute atomic E-state index is 10.2. The Morgan fingerprint density at radius 2 is 2.08 bits per heavy atom. The molecule has 0 aliphatic heterocycles. The Hall–Kier alpha value is 0.616. The summed E-state index contributed by atoms with van der Waals surface area (Å²) < 4.78 is 0. The predicted octanol–water partition coefficient (Wildman–Crippen LogP) is 3.84. The monoisotopic (exact) mass is 352 g/mol. The Morgan fingerprint density at radius 1 is 1.38 bits per heavy atom. The van der Waals surface area contributed by atoms with E-state index in [1.807, 2.05) is 18.4 Å². The number of allylic oxidation sites excluding steroid dienone is 4. The fourth-order valence-electron chi connectivity index (χ4n) is 1.03. The van der Waals surface area contributed by atoms with Crippen LogP contribution in [0.2, 0.25) is 0 Å². The molecule has 13 heavy (non-hydrogen) atoms. The molecule has 0 fully saturated rings. The molecule has 0 heterocycles. The number of rotatable bonds is 1. The molecule has 0 N–H and O–H groups in total. The molecule has 1 aliphatic carbocycles. The van der Waals surface area contributed by atoms with Crippen molar-refractivity contribution in [3.05, 3.63) is 23.8 Å². The number of halogens is 2. The summed E-state index contributed by atoms with van der Waals surface area (Å²) in [7, 11) is 0. The second-order valence-corrected chi connectivity index (χ2v) is 7.77. The minimum atomic E-state index is 0.802. The molecular weight excluding hydrogens is 343 g/mol. The van der Waals surface area contributed by atoms with Crippen LogP contribution < -0.4 is 0 Å². The summed E-state index contributed by atoms with van der Waals surface area (Å²) in [6.07, 6.45) is 12.2. The molecule has 0 aromatic heterocycles. The molecule has 0 bridgehead atoms. The van der Waals surface area contributed by atoms with Crippen molar-refractivity contribution in [3.63, 3.8) is 0 Å². The van der Waals surface area contributed by atoms with Crippen LogP contribution in [0, 0.1) is 0 Å². The Morgan fingerprint density at radius 3 is 2.69 bits per heavy atom. The molecule has 4 heteroatoms. The number of hydrogen-bond acceptors (Lipinski definition) is 1. The Bertz CT molecular complexity index is 190. The van der Waals surface area contributed by atoms with Crippen LogP contribution in [0.1, 0.15) is 25.7 Å². The zero-order valence-electron chi connectivity index (χ0n) is 7.06. The Kier molecular flexibility index (Phi) is 11.2. The zero-order valence-corrected chi connectivity index (χ0v) is 11.3. The molecule has 0 spiro atoms. The van der Waals surface area contributed by atoms with Crippen molar-refractivity contribution in [2.45, 2.75) is 25.7 Å². The summed E-state index contributed by atoms with van der Waals surface area (Å²) in [5.74, 6) is 0. The molecule has 1 aliphatic rings. The van der Waals surface area contributed by atoms with E-state index in [1.165, 1.54) is 6.42 Å². The van der Waals surface area contributed by atoms with Crippen LogP contribution in [0.5, 0.6) is 0 Å². The zero-order chi connectivity index (χ0) is 9.94. The van der Waals surface area contributed by atoms with Gasteiger partial charge in [0.15, 0.2) is 0 Å².